The standard InChI is InChI=1S/C18H20N4O3/c1-11-4-3-5-14-13(9-19-17(11)14)8-16(23)22-6-7-24-10-15(22)18-21-20-12(2)25-18/h3-5,9,15,19H,6-8,10H2,1-2H3/t15-/m0/s1. The Labute approximate surface area is 145 Å². The topological polar surface area (TPSA) is 84.3 Å². The molecule has 3 aromatic rings. The van der Waals surface area contributed by atoms with Crippen LogP contribution >= 0.6 is 0 Å². The number of fused-ring (bicyclic) bond motifs is 1. The molecule has 25 heavy (non-hydrogen) atoms. The zero-order valence-corrected chi connectivity index (χ0v) is 14.3. The van der Waals surface area contributed by atoms with E-state index < -0.39 is 0 Å². The quantitative estimate of drug-likeness (QED) is 0.791. The van der Waals surface area contributed by atoms with Crippen LogP contribution in [0.15, 0.2) is 28.8 Å². The molecule has 0 aliphatic carbocycles. The first kappa shape index (κ1) is 15.8. The van der Waals surface area contributed by atoms with E-state index in [9.17, 15) is 4.79 Å². The molecule has 0 saturated carbocycles. The zero-order valence-electron chi connectivity index (χ0n) is 14.3. The number of nitrogens with one attached hydrogen (secondary N) is 1. The molecule has 7 heteroatoms. The highest BCUT2D eigenvalue weighted by Gasteiger charge is 2.32. The van der Waals surface area contributed by atoms with E-state index in [1.807, 2.05) is 18.3 Å². The van der Waals surface area contributed by atoms with E-state index in [0.29, 0.717) is 38.0 Å². The van der Waals surface area contributed by atoms with Gasteiger partial charge in [0.15, 0.2) is 0 Å². The number of carbonyl (C=O) groups excluding carboxylic acids is 1. The number of aromatic amines is 1. The van der Waals surface area contributed by atoms with Gasteiger partial charge in [-0.2, -0.15) is 0 Å². The first-order valence-corrected chi connectivity index (χ1v) is 8.36. The maximum atomic E-state index is 13.0. The smallest absolute Gasteiger partial charge is 0.241 e. The van der Waals surface area contributed by atoms with Gasteiger partial charge in [0.05, 0.1) is 19.6 Å². The summed E-state index contributed by atoms with van der Waals surface area (Å²) in [6.07, 6.45) is 2.24. The average Bonchev–Trinajstić information content (AvgIpc) is 3.22. The van der Waals surface area contributed by atoms with E-state index in [-0.39, 0.29) is 11.9 Å². The molecule has 1 saturated heterocycles. The van der Waals surface area contributed by atoms with Crippen LogP contribution < -0.4 is 0 Å². The summed E-state index contributed by atoms with van der Waals surface area (Å²) >= 11 is 0. The van der Waals surface area contributed by atoms with Crippen LogP contribution in [0.1, 0.15) is 29.0 Å². The van der Waals surface area contributed by atoms with Crippen molar-refractivity contribution in [2.75, 3.05) is 19.8 Å². The van der Waals surface area contributed by atoms with Gasteiger partial charge in [-0.05, 0) is 18.1 Å². The van der Waals surface area contributed by atoms with Crippen molar-refractivity contribution in [2.45, 2.75) is 26.3 Å². The largest absolute Gasteiger partial charge is 0.423 e. The number of aromatic nitrogens is 3. The number of hydrogen-bond acceptors (Lipinski definition) is 5. The second-order valence-electron chi connectivity index (χ2n) is 6.33. The number of H-pyrrole nitrogens is 1. The van der Waals surface area contributed by atoms with Crippen molar-refractivity contribution < 1.29 is 13.9 Å². The van der Waals surface area contributed by atoms with Gasteiger partial charge in [0, 0.05) is 30.6 Å². The van der Waals surface area contributed by atoms with E-state index in [2.05, 4.69) is 28.2 Å². The van der Waals surface area contributed by atoms with Crippen LogP contribution in [-0.4, -0.2) is 45.7 Å². The lowest BCUT2D eigenvalue weighted by Crippen LogP contribution is -2.44. The number of nitrogens with zero attached hydrogens (tertiary/aromatic N) is 3. The lowest BCUT2D eigenvalue weighted by Gasteiger charge is -2.33. The Morgan fingerprint density at radius 1 is 1.36 bits per heavy atom. The Kier molecular flexibility index (Phi) is 4.01. The maximum absolute atomic E-state index is 13.0. The minimum atomic E-state index is -0.325. The highest BCUT2D eigenvalue weighted by molar-refractivity contribution is 5.90. The van der Waals surface area contributed by atoms with Crippen LogP contribution in [0.25, 0.3) is 10.9 Å². The SMILES string of the molecule is Cc1nnc([C@@H]2COCCN2C(=O)Cc2c[nH]c3c(C)cccc23)o1. The predicted molar refractivity (Wildman–Crippen MR) is 91.0 cm³/mol. The third-order valence-corrected chi connectivity index (χ3v) is 4.63. The summed E-state index contributed by atoms with van der Waals surface area (Å²) in [7, 11) is 0. The zero-order chi connectivity index (χ0) is 17.4. The molecular weight excluding hydrogens is 320 g/mol. The van der Waals surface area contributed by atoms with Crippen molar-refractivity contribution >= 4 is 16.8 Å². The molecule has 1 aromatic carbocycles. The monoisotopic (exact) mass is 340 g/mol. The van der Waals surface area contributed by atoms with Crippen LogP contribution in [0.4, 0.5) is 0 Å². The van der Waals surface area contributed by atoms with E-state index in [4.69, 9.17) is 9.15 Å². The highest BCUT2D eigenvalue weighted by Crippen LogP contribution is 2.26. The lowest BCUT2D eigenvalue weighted by atomic mass is 10.1. The van der Waals surface area contributed by atoms with E-state index in [0.717, 1.165) is 16.5 Å². The van der Waals surface area contributed by atoms with Crippen molar-refractivity contribution in [3.05, 3.63) is 47.3 Å². The normalized spacial score (nSPS) is 18.0. The molecule has 3 heterocycles. The Bertz CT molecular complexity index is 914. The van der Waals surface area contributed by atoms with Crippen molar-refractivity contribution in [1.82, 2.24) is 20.1 Å². The number of carbonyl (C=O) groups is 1. The molecule has 1 aliphatic rings. The van der Waals surface area contributed by atoms with Crippen molar-refractivity contribution in [3.8, 4) is 0 Å². The fourth-order valence-electron chi connectivity index (χ4n) is 3.33. The molecule has 1 atom stereocenters. The minimum Gasteiger partial charge on any atom is -0.423 e. The Morgan fingerprint density at radius 3 is 3.04 bits per heavy atom. The van der Waals surface area contributed by atoms with Gasteiger partial charge < -0.3 is 19.0 Å². The summed E-state index contributed by atoms with van der Waals surface area (Å²) in [4.78, 5) is 18.0. The van der Waals surface area contributed by atoms with Gasteiger partial charge in [-0.15, -0.1) is 10.2 Å². The number of hydrogen-bond donors (Lipinski definition) is 1. The van der Waals surface area contributed by atoms with Crippen LogP contribution in [0.2, 0.25) is 0 Å². The number of benzene rings is 1. The third-order valence-electron chi connectivity index (χ3n) is 4.63. The molecule has 130 valence electrons. The van der Waals surface area contributed by atoms with E-state index in [1.54, 1.807) is 11.8 Å². The van der Waals surface area contributed by atoms with Gasteiger partial charge in [0.1, 0.15) is 6.04 Å². The van der Waals surface area contributed by atoms with Crippen LogP contribution in [0, 0.1) is 13.8 Å². The summed E-state index contributed by atoms with van der Waals surface area (Å²) in [5.74, 6) is 0.951. The van der Waals surface area contributed by atoms with E-state index in [1.165, 1.54) is 5.56 Å². The number of ether oxygens (including phenoxy) is 1. The van der Waals surface area contributed by atoms with Crippen molar-refractivity contribution in [1.29, 1.82) is 0 Å². The van der Waals surface area contributed by atoms with Crippen molar-refractivity contribution in [2.24, 2.45) is 0 Å². The van der Waals surface area contributed by atoms with Gasteiger partial charge in [0.2, 0.25) is 17.7 Å². The molecule has 1 N–H and O–H groups in total. The molecule has 0 spiro atoms. The molecule has 1 fully saturated rings. The number of para-hydroxylation sites is 1. The summed E-state index contributed by atoms with van der Waals surface area (Å²) in [5, 5.41) is 9.02. The first-order chi connectivity index (χ1) is 12.1. The van der Waals surface area contributed by atoms with Gasteiger partial charge in [0.25, 0.3) is 0 Å². The second kappa shape index (κ2) is 6.33. The first-order valence-electron chi connectivity index (χ1n) is 8.36. The third kappa shape index (κ3) is 2.91. The maximum Gasteiger partial charge on any atom is 0.241 e. The number of aryl methyl sites for hydroxylation is 2. The van der Waals surface area contributed by atoms with Gasteiger partial charge >= 0.3 is 0 Å². The predicted octanol–water partition coefficient (Wildman–Crippen LogP) is 2.31. The molecule has 0 radical (unpaired) electrons. The number of morpholine rings is 1. The minimum absolute atomic E-state index is 0.0339. The fourth-order valence-corrected chi connectivity index (χ4v) is 3.33. The summed E-state index contributed by atoms with van der Waals surface area (Å²) in [5.41, 5.74) is 3.24. The number of rotatable bonds is 3. The summed E-state index contributed by atoms with van der Waals surface area (Å²) < 4.78 is 11.0. The summed E-state index contributed by atoms with van der Waals surface area (Å²) in [6, 6.07) is 5.78. The van der Waals surface area contributed by atoms with E-state index >= 15 is 0 Å². The molecule has 7 nitrogen and oxygen atoms in total. The molecule has 0 bridgehead atoms. The fraction of sp³-hybridized carbons (Fsp3) is 0.389. The van der Waals surface area contributed by atoms with Crippen LogP contribution in [-0.2, 0) is 16.0 Å². The molecular formula is C18H20N4O3. The van der Waals surface area contributed by atoms with Crippen LogP contribution in [0.3, 0.4) is 0 Å². The number of amides is 1. The Balaban J connectivity index is 1.59. The van der Waals surface area contributed by atoms with Crippen molar-refractivity contribution in [3.63, 3.8) is 0 Å². The molecule has 0 unspecified atom stereocenters. The second-order valence-corrected chi connectivity index (χ2v) is 6.33. The molecule has 1 aliphatic heterocycles. The molecule has 2 aromatic heterocycles. The Morgan fingerprint density at radius 2 is 2.24 bits per heavy atom. The molecule has 1 amide bonds. The Hall–Kier alpha value is -2.67. The summed E-state index contributed by atoms with van der Waals surface area (Å²) in [6.45, 7) is 5.20. The average molecular weight is 340 g/mol. The van der Waals surface area contributed by atoms with Gasteiger partial charge in [-0.25, -0.2) is 0 Å². The van der Waals surface area contributed by atoms with Gasteiger partial charge in [-0.3, -0.25) is 4.79 Å². The highest BCUT2D eigenvalue weighted by atomic mass is 16.5. The van der Waals surface area contributed by atoms with Gasteiger partial charge in [-0.1, -0.05) is 18.2 Å². The molecule has 4 rings (SSSR count). The lowest BCUT2D eigenvalue weighted by molar-refractivity contribution is -0.140. The van der Waals surface area contributed by atoms with Crippen LogP contribution in [0.5, 0.6) is 0 Å².